The second-order valence-corrected chi connectivity index (χ2v) is 7.15. The molecule has 4 rings (SSSR count). The normalized spacial score (nSPS) is 47.2. The van der Waals surface area contributed by atoms with E-state index in [9.17, 15) is 0 Å². The molecule has 0 aliphatic heterocycles. The van der Waals surface area contributed by atoms with Crippen LogP contribution in [0.5, 0.6) is 0 Å². The lowest BCUT2D eigenvalue weighted by molar-refractivity contribution is -0.0589. The van der Waals surface area contributed by atoms with Gasteiger partial charge in [0, 0.05) is 6.04 Å². The zero-order valence-corrected chi connectivity index (χ0v) is 11.0. The molecule has 0 aromatic rings. The molecule has 4 fully saturated rings. The summed E-state index contributed by atoms with van der Waals surface area (Å²) >= 11 is 0. The van der Waals surface area contributed by atoms with Crippen LogP contribution in [0.4, 0.5) is 0 Å². The lowest BCUT2D eigenvalue weighted by atomic mass is 9.48. The highest BCUT2D eigenvalue weighted by molar-refractivity contribution is 5.01. The Morgan fingerprint density at radius 1 is 1.06 bits per heavy atom. The van der Waals surface area contributed by atoms with E-state index in [1.54, 1.807) is 38.5 Å². The van der Waals surface area contributed by atoms with Crippen molar-refractivity contribution in [2.24, 2.45) is 23.2 Å². The highest BCUT2D eigenvalue weighted by Gasteiger charge is 2.50. The fourth-order valence-corrected chi connectivity index (χ4v) is 5.26. The Bertz CT molecular complexity index is 223. The molecule has 1 N–H and O–H groups in total. The molecule has 4 aliphatic rings. The SMILES string of the molecule is CN[C@@H](C)CCC12CC3CC(CC(C3)C1)C2. The Hall–Kier alpha value is -0.0400. The quantitative estimate of drug-likeness (QED) is 0.765. The Kier molecular flexibility index (Phi) is 2.78. The molecule has 1 heteroatoms. The van der Waals surface area contributed by atoms with Crippen LogP contribution in [0.15, 0.2) is 0 Å². The van der Waals surface area contributed by atoms with E-state index in [0.717, 1.165) is 23.2 Å². The maximum absolute atomic E-state index is 3.40. The van der Waals surface area contributed by atoms with Gasteiger partial charge in [-0.2, -0.15) is 0 Å². The highest BCUT2D eigenvalue weighted by atomic mass is 14.8. The van der Waals surface area contributed by atoms with Crippen LogP contribution < -0.4 is 5.32 Å². The Morgan fingerprint density at radius 2 is 1.56 bits per heavy atom. The molecule has 92 valence electrons. The fraction of sp³-hybridized carbons (Fsp3) is 1.00. The number of hydrogen-bond acceptors (Lipinski definition) is 1. The van der Waals surface area contributed by atoms with Crippen LogP contribution in [0.3, 0.4) is 0 Å². The molecule has 1 nitrogen and oxygen atoms in total. The Morgan fingerprint density at radius 3 is 2.00 bits per heavy atom. The van der Waals surface area contributed by atoms with Gasteiger partial charge in [0.15, 0.2) is 0 Å². The lowest BCUT2D eigenvalue weighted by Crippen LogP contribution is -2.46. The van der Waals surface area contributed by atoms with Gasteiger partial charge < -0.3 is 5.32 Å². The average Bonchev–Trinajstić information content (AvgIpc) is 2.24. The van der Waals surface area contributed by atoms with Crippen molar-refractivity contribution >= 4 is 0 Å². The van der Waals surface area contributed by atoms with Crippen LogP contribution in [0.1, 0.15) is 58.3 Å². The molecule has 16 heavy (non-hydrogen) atoms. The molecule has 0 amide bonds. The van der Waals surface area contributed by atoms with Crippen molar-refractivity contribution in [3.8, 4) is 0 Å². The van der Waals surface area contributed by atoms with Crippen LogP contribution >= 0.6 is 0 Å². The molecule has 0 unspecified atom stereocenters. The topological polar surface area (TPSA) is 12.0 Å². The second-order valence-electron chi connectivity index (χ2n) is 7.15. The number of nitrogens with one attached hydrogen (secondary N) is 1. The summed E-state index contributed by atoms with van der Waals surface area (Å²) in [6.45, 7) is 2.33. The van der Waals surface area contributed by atoms with E-state index in [2.05, 4.69) is 19.3 Å². The van der Waals surface area contributed by atoms with Crippen LogP contribution in [-0.2, 0) is 0 Å². The van der Waals surface area contributed by atoms with Gasteiger partial charge in [0.05, 0.1) is 0 Å². The zero-order valence-electron chi connectivity index (χ0n) is 11.0. The summed E-state index contributed by atoms with van der Waals surface area (Å²) in [5.41, 5.74) is 0.792. The predicted molar refractivity (Wildman–Crippen MR) is 68.4 cm³/mol. The van der Waals surface area contributed by atoms with Gasteiger partial charge in [0.2, 0.25) is 0 Å². The van der Waals surface area contributed by atoms with Crippen LogP contribution in [-0.4, -0.2) is 13.1 Å². The summed E-state index contributed by atoms with van der Waals surface area (Å²) in [5.74, 6) is 3.36. The molecule has 0 radical (unpaired) electrons. The first-order valence-corrected chi connectivity index (χ1v) is 7.36. The summed E-state index contributed by atoms with van der Waals surface area (Å²) in [6.07, 6.45) is 12.4. The summed E-state index contributed by atoms with van der Waals surface area (Å²) in [4.78, 5) is 0. The maximum atomic E-state index is 3.40. The average molecular weight is 221 g/mol. The van der Waals surface area contributed by atoms with Gasteiger partial charge in [-0.15, -0.1) is 0 Å². The van der Waals surface area contributed by atoms with E-state index < -0.39 is 0 Å². The molecular weight excluding hydrogens is 194 g/mol. The van der Waals surface area contributed by atoms with E-state index in [0.29, 0.717) is 6.04 Å². The molecule has 4 aliphatic carbocycles. The van der Waals surface area contributed by atoms with Crippen LogP contribution in [0.25, 0.3) is 0 Å². The van der Waals surface area contributed by atoms with Gasteiger partial charge in [-0.25, -0.2) is 0 Å². The summed E-state index contributed by atoms with van der Waals surface area (Å²) in [7, 11) is 2.10. The van der Waals surface area contributed by atoms with Crippen LogP contribution in [0.2, 0.25) is 0 Å². The van der Waals surface area contributed by atoms with E-state index in [4.69, 9.17) is 0 Å². The molecule has 0 aromatic heterocycles. The van der Waals surface area contributed by atoms with Crippen molar-refractivity contribution in [2.45, 2.75) is 64.3 Å². The van der Waals surface area contributed by atoms with Crippen molar-refractivity contribution in [3.05, 3.63) is 0 Å². The second kappa shape index (κ2) is 4.01. The largest absolute Gasteiger partial charge is 0.317 e. The first kappa shape index (κ1) is 11.1. The fourth-order valence-electron chi connectivity index (χ4n) is 5.26. The lowest BCUT2D eigenvalue weighted by Gasteiger charge is -2.57. The van der Waals surface area contributed by atoms with Crippen molar-refractivity contribution < 1.29 is 0 Å². The van der Waals surface area contributed by atoms with E-state index >= 15 is 0 Å². The summed E-state index contributed by atoms with van der Waals surface area (Å²) in [6, 6.07) is 0.716. The molecule has 0 heterocycles. The third-order valence-electron chi connectivity index (χ3n) is 5.77. The minimum Gasteiger partial charge on any atom is -0.317 e. The van der Waals surface area contributed by atoms with Crippen molar-refractivity contribution in [1.82, 2.24) is 5.32 Å². The molecule has 0 saturated heterocycles. The van der Waals surface area contributed by atoms with Gasteiger partial charge in [-0.3, -0.25) is 0 Å². The summed E-state index contributed by atoms with van der Waals surface area (Å²) < 4.78 is 0. The third-order valence-corrected chi connectivity index (χ3v) is 5.77. The minimum absolute atomic E-state index is 0.716. The zero-order chi connectivity index (χ0) is 11.2. The predicted octanol–water partition coefficient (Wildman–Crippen LogP) is 3.59. The van der Waals surface area contributed by atoms with Crippen molar-refractivity contribution in [2.75, 3.05) is 7.05 Å². The van der Waals surface area contributed by atoms with E-state index in [1.165, 1.54) is 12.8 Å². The number of rotatable bonds is 4. The van der Waals surface area contributed by atoms with Gasteiger partial charge in [0.25, 0.3) is 0 Å². The molecule has 0 spiro atoms. The smallest absolute Gasteiger partial charge is 0.00359 e. The first-order chi connectivity index (χ1) is 7.69. The van der Waals surface area contributed by atoms with Gasteiger partial charge in [-0.1, -0.05) is 0 Å². The maximum Gasteiger partial charge on any atom is 0.00359 e. The standard InChI is InChI=1S/C15H27N/c1-11(16-2)3-4-15-8-12-5-13(9-15)7-14(6-12)10-15/h11-14,16H,3-10H2,1-2H3/t11-,12?,13?,14?,15?/m0/s1. The molecule has 4 bridgehead atoms. The Labute approximate surface area is 100 Å². The molecular formula is C15H27N. The molecule has 4 saturated carbocycles. The van der Waals surface area contributed by atoms with E-state index in [1.807, 2.05) is 0 Å². The van der Waals surface area contributed by atoms with Crippen molar-refractivity contribution in [1.29, 1.82) is 0 Å². The number of hydrogen-bond donors (Lipinski definition) is 1. The van der Waals surface area contributed by atoms with Crippen LogP contribution in [0, 0.1) is 23.2 Å². The monoisotopic (exact) mass is 221 g/mol. The van der Waals surface area contributed by atoms with E-state index in [-0.39, 0.29) is 0 Å². The Balaban J connectivity index is 1.64. The highest BCUT2D eigenvalue weighted by Crippen LogP contribution is 2.61. The first-order valence-electron chi connectivity index (χ1n) is 7.36. The minimum atomic E-state index is 0.716. The molecule has 0 aromatic carbocycles. The molecule has 1 atom stereocenters. The van der Waals surface area contributed by atoms with Gasteiger partial charge in [0.1, 0.15) is 0 Å². The van der Waals surface area contributed by atoms with Gasteiger partial charge in [-0.05, 0) is 88.5 Å². The third kappa shape index (κ3) is 1.92. The van der Waals surface area contributed by atoms with Gasteiger partial charge >= 0.3 is 0 Å². The summed E-state index contributed by atoms with van der Waals surface area (Å²) in [5, 5.41) is 3.40. The van der Waals surface area contributed by atoms with Crippen molar-refractivity contribution in [3.63, 3.8) is 0 Å².